The van der Waals surface area contributed by atoms with E-state index in [1.54, 1.807) is 6.92 Å². The Morgan fingerprint density at radius 2 is 2.00 bits per heavy atom. The first-order valence-electron chi connectivity index (χ1n) is 3.27. The zero-order valence-electron chi connectivity index (χ0n) is 7.33. The Balaban J connectivity index is 4.39. The van der Waals surface area contributed by atoms with E-state index in [0.29, 0.717) is 5.57 Å². The summed E-state index contributed by atoms with van der Waals surface area (Å²) in [6.07, 6.45) is 2.33. The summed E-state index contributed by atoms with van der Waals surface area (Å²) >= 11 is 0. The molecule has 0 saturated heterocycles. The van der Waals surface area contributed by atoms with Crippen molar-refractivity contribution in [3.63, 3.8) is 0 Å². The Bertz CT molecular complexity index is 279. The Morgan fingerprint density at radius 1 is 1.50 bits per heavy atom. The van der Waals surface area contributed by atoms with E-state index in [-0.39, 0.29) is 0 Å². The summed E-state index contributed by atoms with van der Waals surface area (Å²) in [6.45, 7) is 1.63. The smallest absolute Gasteiger partial charge is 0.300 e. The fourth-order valence-corrected chi connectivity index (χ4v) is 0.860. The zero-order valence-corrected chi connectivity index (χ0v) is 8.14. The molecule has 0 saturated carbocycles. The molecule has 2 N–H and O–H groups in total. The molecule has 12 heavy (non-hydrogen) atoms. The molecule has 0 spiro atoms. The van der Waals surface area contributed by atoms with Crippen LogP contribution in [0.15, 0.2) is 11.8 Å². The molecule has 0 amide bonds. The Morgan fingerprint density at radius 3 is 2.33 bits per heavy atom. The van der Waals surface area contributed by atoms with Crippen LogP contribution in [-0.4, -0.2) is 33.0 Å². The molecule has 0 atom stereocenters. The fraction of sp³-hybridized carbons (Fsp3) is 0.500. The Hall–Kier alpha value is -0.880. The van der Waals surface area contributed by atoms with Crippen LogP contribution in [0.3, 0.4) is 0 Å². The van der Waals surface area contributed by atoms with Gasteiger partial charge in [-0.1, -0.05) is 0 Å². The number of nitrogens with one attached hydrogen (secondary N) is 2. The summed E-state index contributed by atoms with van der Waals surface area (Å²) in [7, 11) is -0.547. The van der Waals surface area contributed by atoms with Gasteiger partial charge in [-0.25, -0.2) is 0 Å². The van der Waals surface area contributed by atoms with E-state index in [2.05, 4.69) is 4.72 Å². The van der Waals surface area contributed by atoms with Crippen LogP contribution in [0.2, 0.25) is 0 Å². The summed E-state index contributed by atoms with van der Waals surface area (Å²) in [6, 6.07) is 0. The second kappa shape index (κ2) is 4.22. The minimum absolute atomic E-state index is 0.542. The summed E-state index contributed by atoms with van der Waals surface area (Å²) < 4.78 is 25.3. The van der Waals surface area contributed by atoms with Crippen molar-refractivity contribution in [3.05, 3.63) is 11.8 Å². The first kappa shape index (κ1) is 11.1. The monoisotopic (exact) mass is 191 g/mol. The highest BCUT2D eigenvalue weighted by Gasteiger charge is 2.09. The van der Waals surface area contributed by atoms with Gasteiger partial charge in [-0.15, -0.1) is 0 Å². The summed E-state index contributed by atoms with van der Waals surface area (Å²) in [5.41, 5.74) is 0.542. The fourth-order valence-electron chi connectivity index (χ4n) is 0.314. The maximum atomic E-state index is 11.0. The molecular formula is C6H13N3O2S. The summed E-state index contributed by atoms with van der Waals surface area (Å²) in [5, 5.41) is 6.78. The van der Waals surface area contributed by atoms with Gasteiger partial charge in [0.25, 0.3) is 0 Å². The van der Waals surface area contributed by atoms with Crippen molar-refractivity contribution in [2.75, 3.05) is 14.1 Å². The molecule has 0 aliphatic carbocycles. The van der Waals surface area contributed by atoms with Crippen LogP contribution < -0.4 is 4.72 Å². The third-order valence-electron chi connectivity index (χ3n) is 1.14. The lowest BCUT2D eigenvalue weighted by Crippen LogP contribution is -2.32. The van der Waals surface area contributed by atoms with E-state index in [1.807, 2.05) is 0 Å². The maximum absolute atomic E-state index is 11.0. The van der Waals surface area contributed by atoms with Gasteiger partial charge < -0.3 is 5.41 Å². The van der Waals surface area contributed by atoms with Gasteiger partial charge >= 0.3 is 10.2 Å². The van der Waals surface area contributed by atoms with Crippen LogP contribution in [-0.2, 0) is 10.2 Å². The molecular weight excluding hydrogens is 178 g/mol. The lowest BCUT2D eigenvalue weighted by molar-refractivity contribution is 0.514. The molecule has 5 nitrogen and oxygen atoms in total. The molecule has 0 rings (SSSR count). The van der Waals surface area contributed by atoms with Crippen molar-refractivity contribution in [1.82, 2.24) is 9.03 Å². The zero-order chi connectivity index (χ0) is 9.78. The largest absolute Gasteiger partial charge is 0.308 e. The average molecular weight is 191 g/mol. The molecule has 0 radical (unpaired) electrons. The number of rotatable bonds is 4. The molecule has 0 bridgehead atoms. The van der Waals surface area contributed by atoms with E-state index in [4.69, 9.17) is 5.41 Å². The minimum Gasteiger partial charge on any atom is -0.308 e. The predicted molar refractivity (Wildman–Crippen MR) is 48.3 cm³/mol. The van der Waals surface area contributed by atoms with Gasteiger partial charge in [-0.2, -0.15) is 12.7 Å². The van der Waals surface area contributed by atoms with Crippen molar-refractivity contribution in [1.29, 1.82) is 5.41 Å². The van der Waals surface area contributed by atoms with Crippen LogP contribution in [0.25, 0.3) is 0 Å². The summed E-state index contributed by atoms with van der Waals surface area (Å²) in [5.74, 6) is 0. The highest BCUT2D eigenvalue weighted by atomic mass is 32.2. The standard InChI is InChI=1S/C6H13N3O2S/c1-6(4-7)5-8-12(10,11)9(2)3/h4-5,7-8H,1-3H3/b6-5-,7-4?. The molecule has 0 aliphatic heterocycles. The molecule has 0 aromatic carbocycles. The van der Waals surface area contributed by atoms with E-state index in [1.165, 1.54) is 20.3 Å². The molecule has 70 valence electrons. The van der Waals surface area contributed by atoms with E-state index in [9.17, 15) is 8.42 Å². The van der Waals surface area contributed by atoms with Crippen LogP contribution in [0.1, 0.15) is 6.92 Å². The molecule has 0 unspecified atom stereocenters. The van der Waals surface area contributed by atoms with Crippen molar-refractivity contribution < 1.29 is 8.42 Å². The van der Waals surface area contributed by atoms with Gasteiger partial charge in [-0.3, -0.25) is 4.72 Å². The molecule has 6 heteroatoms. The van der Waals surface area contributed by atoms with Gasteiger partial charge in [0.1, 0.15) is 0 Å². The minimum atomic E-state index is -3.40. The molecule has 0 heterocycles. The first-order chi connectivity index (χ1) is 5.40. The van der Waals surface area contributed by atoms with Crippen molar-refractivity contribution in [2.24, 2.45) is 0 Å². The van der Waals surface area contributed by atoms with Gasteiger partial charge in [-0.05, 0) is 12.5 Å². The third-order valence-corrected chi connectivity index (χ3v) is 2.52. The number of hydrogen-bond donors (Lipinski definition) is 2. The molecule has 0 aromatic heterocycles. The quantitative estimate of drug-likeness (QED) is 0.611. The lowest BCUT2D eigenvalue weighted by atomic mass is 10.4. The summed E-state index contributed by atoms with van der Waals surface area (Å²) in [4.78, 5) is 0. The topological polar surface area (TPSA) is 73.3 Å². The van der Waals surface area contributed by atoms with Gasteiger partial charge in [0.15, 0.2) is 0 Å². The van der Waals surface area contributed by atoms with E-state index in [0.717, 1.165) is 10.5 Å². The van der Waals surface area contributed by atoms with Crippen LogP contribution >= 0.6 is 0 Å². The normalized spacial score (nSPS) is 13.2. The number of hydrogen-bond acceptors (Lipinski definition) is 3. The van der Waals surface area contributed by atoms with Gasteiger partial charge in [0.05, 0.1) is 0 Å². The average Bonchev–Trinajstić information content (AvgIpc) is 2.00. The van der Waals surface area contributed by atoms with Crippen molar-refractivity contribution in [2.45, 2.75) is 6.92 Å². The van der Waals surface area contributed by atoms with Crippen molar-refractivity contribution >= 4 is 16.4 Å². The second-order valence-electron chi connectivity index (χ2n) is 2.44. The van der Waals surface area contributed by atoms with Crippen LogP contribution in [0.4, 0.5) is 0 Å². The highest BCUT2D eigenvalue weighted by molar-refractivity contribution is 7.87. The number of nitrogens with zero attached hydrogens (tertiary/aromatic N) is 1. The third kappa shape index (κ3) is 3.49. The second-order valence-corrected chi connectivity index (χ2v) is 4.35. The molecule has 0 aliphatic rings. The molecule has 0 fully saturated rings. The van der Waals surface area contributed by atoms with E-state index >= 15 is 0 Å². The van der Waals surface area contributed by atoms with Crippen LogP contribution in [0, 0.1) is 5.41 Å². The van der Waals surface area contributed by atoms with Crippen molar-refractivity contribution in [3.8, 4) is 0 Å². The van der Waals surface area contributed by atoms with Gasteiger partial charge in [0.2, 0.25) is 0 Å². The maximum Gasteiger partial charge on any atom is 0.300 e. The van der Waals surface area contributed by atoms with Gasteiger partial charge in [0, 0.05) is 26.5 Å². The Kier molecular flexibility index (Phi) is 3.91. The van der Waals surface area contributed by atoms with Crippen LogP contribution in [0.5, 0.6) is 0 Å². The molecule has 0 aromatic rings. The predicted octanol–water partition coefficient (Wildman–Crippen LogP) is -0.0642. The Labute approximate surface area is 72.8 Å². The SMILES string of the molecule is C/C(C=N)=C/NS(=O)(=O)N(C)C. The number of allylic oxidation sites excluding steroid dienone is 1. The highest BCUT2D eigenvalue weighted by Crippen LogP contribution is 1.90. The lowest BCUT2D eigenvalue weighted by Gasteiger charge is -2.10. The van der Waals surface area contributed by atoms with E-state index < -0.39 is 10.2 Å². The first-order valence-corrected chi connectivity index (χ1v) is 4.71.